The molecule has 1 aliphatic carbocycles. The molecule has 3 N–H and O–H groups in total. The van der Waals surface area contributed by atoms with Crippen LogP contribution >= 0.6 is 0 Å². The first-order chi connectivity index (χ1) is 10.0. The number of aromatic nitrogens is 1. The normalized spacial score (nSPS) is 19.9. The first-order valence-corrected chi connectivity index (χ1v) is 7.60. The lowest BCUT2D eigenvalue weighted by Gasteiger charge is -2.22. The van der Waals surface area contributed by atoms with E-state index >= 15 is 0 Å². The molecule has 1 atom stereocenters. The number of rotatable bonds is 5. The standard InChI is InChI=1S/C15H22N4O2/c1-10(8-18-6-2-3-14(18)20)17-15(21)13-7-11(16)9-19(13)12-4-5-12/h7,9-10,12H,2-6,8,16H2,1H3,(H,17,21). The molecular formula is C15H22N4O2. The topological polar surface area (TPSA) is 80.4 Å². The number of hydrogen-bond donors (Lipinski definition) is 2. The minimum Gasteiger partial charge on any atom is -0.397 e. The van der Waals surface area contributed by atoms with Gasteiger partial charge in [0.05, 0.1) is 5.69 Å². The van der Waals surface area contributed by atoms with Gasteiger partial charge < -0.3 is 20.5 Å². The van der Waals surface area contributed by atoms with Crippen LogP contribution in [0.15, 0.2) is 12.3 Å². The van der Waals surface area contributed by atoms with E-state index in [1.54, 1.807) is 6.07 Å². The Kier molecular flexibility index (Phi) is 3.61. The van der Waals surface area contributed by atoms with Crippen molar-refractivity contribution in [1.29, 1.82) is 0 Å². The fourth-order valence-electron chi connectivity index (χ4n) is 2.91. The van der Waals surface area contributed by atoms with Gasteiger partial charge in [0.15, 0.2) is 0 Å². The van der Waals surface area contributed by atoms with Crippen molar-refractivity contribution in [3.05, 3.63) is 18.0 Å². The summed E-state index contributed by atoms with van der Waals surface area (Å²) in [6.07, 6.45) is 5.59. The van der Waals surface area contributed by atoms with Crippen LogP contribution in [0.1, 0.15) is 49.1 Å². The van der Waals surface area contributed by atoms with Crippen LogP contribution in [0.3, 0.4) is 0 Å². The number of carbonyl (C=O) groups excluding carboxylic acids is 2. The Balaban J connectivity index is 1.61. The Hall–Kier alpha value is -1.98. The Bertz CT molecular complexity index is 562. The van der Waals surface area contributed by atoms with Gasteiger partial charge in [-0.3, -0.25) is 9.59 Å². The van der Waals surface area contributed by atoms with E-state index in [-0.39, 0.29) is 17.9 Å². The number of nitrogens with one attached hydrogen (secondary N) is 1. The van der Waals surface area contributed by atoms with Crippen LogP contribution < -0.4 is 11.1 Å². The van der Waals surface area contributed by atoms with Gasteiger partial charge >= 0.3 is 0 Å². The van der Waals surface area contributed by atoms with Crippen LogP contribution in [0, 0.1) is 0 Å². The molecule has 0 spiro atoms. The molecule has 2 fully saturated rings. The lowest BCUT2D eigenvalue weighted by molar-refractivity contribution is -0.127. The molecule has 1 aromatic heterocycles. The second-order valence-electron chi connectivity index (χ2n) is 6.11. The number of nitrogen functional groups attached to an aromatic ring is 1. The molecule has 2 amide bonds. The Morgan fingerprint density at radius 1 is 1.52 bits per heavy atom. The van der Waals surface area contributed by atoms with Crippen molar-refractivity contribution >= 4 is 17.5 Å². The van der Waals surface area contributed by atoms with Crippen LogP contribution in [0.4, 0.5) is 5.69 Å². The third-order valence-corrected chi connectivity index (χ3v) is 4.09. The van der Waals surface area contributed by atoms with Gasteiger partial charge in [-0.25, -0.2) is 0 Å². The van der Waals surface area contributed by atoms with Gasteiger partial charge in [0.25, 0.3) is 5.91 Å². The van der Waals surface area contributed by atoms with Gasteiger partial charge in [-0.05, 0) is 32.3 Å². The fourth-order valence-corrected chi connectivity index (χ4v) is 2.91. The minimum absolute atomic E-state index is 0.0664. The van der Waals surface area contributed by atoms with Crippen molar-refractivity contribution in [1.82, 2.24) is 14.8 Å². The number of amides is 2. The van der Waals surface area contributed by atoms with Gasteiger partial charge in [0.1, 0.15) is 5.69 Å². The summed E-state index contributed by atoms with van der Waals surface area (Å²) in [6.45, 7) is 3.30. The summed E-state index contributed by atoms with van der Waals surface area (Å²) >= 11 is 0. The van der Waals surface area contributed by atoms with E-state index in [2.05, 4.69) is 5.32 Å². The van der Waals surface area contributed by atoms with Crippen LogP contribution in [0.5, 0.6) is 0 Å². The molecule has 1 saturated carbocycles. The van der Waals surface area contributed by atoms with Crippen molar-refractivity contribution in [2.45, 2.75) is 44.7 Å². The highest BCUT2D eigenvalue weighted by atomic mass is 16.2. The van der Waals surface area contributed by atoms with E-state index in [4.69, 9.17) is 5.73 Å². The van der Waals surface area contributed by atoms with E-state index in [0.717, 1.165) is 25.8 Å². The molecule has 1 saturated heterocycles. The SMILES string of the molecule is CC(CN1CCCC1=O)NC(=O)c1cc(N)cn1C1CC1. The van der Waals surface area contributed by atoms with Crippen LogP contribution in [0.2, 0.25) is 0 Å². The van der Waals surface area contributed by atoms with Crippen molar-refractivity contribution in [2.75, 3.05) is 18.8 Å². The lowest BCUT2D eigenvalue weighted by Crippen LogP contribution is -2.42. The Labute approximate surface area is 124 Å². The molecule has 0 radical (unpaired) electrons. The predicted molar refractivity (Wildman–Crippen MR) is 79.9 cm³/mol. The molecule has 2 aliphatic rings. The number of hydrogen-bond acceptors (Lipinski definition) is 3. The second-order valence-corrected chi connectivity index (χ2v) is 6.11. The highest BCUT2D eigenvalue weighted by Gasteiger charge is 2.28. The highest BCUT2D eigenvalue weighted by molar-refractivity contribution is 5.94. The smallest absolute Gasteiger partial charge is 0.268 e. The van der Waals surface area contributed by atoms with Crippen molar-refractivity contribution < 1.29 is 9.59 Å². The van der Waals surface area contributed by atoms with E-state index in [1.807, 2.05) is 22.6 Å². The molecule has 1 aliphatic heterocycles. The Morgan fingerprint density at radius 2 is 2.29 bits per heavy atom. The zero-order valence-electron chi connectivity index (χ0n) is 12.3. The van der Waals surface area contributed by atoms with Gasteiger partial charge in [-0.15, -0.1) is 0 Å². The highest BCUT2D eigenvalue weighted by Crippen LogP contribution is 2.37. The number of nitrogens with two attached hydrogens (primary N) is 1. The largest absolute Gasteiger partial charge is 0.397 e. The first kappa shape index (κ1) is 14.0. The van der Waals surface area contributed by atoms with Crippen molar-refractivity contribution in [3.63, 3.8) is 0 Å². The number of likely N-dealkylation sites (tertiary alicyclic amines) is 1. The van der Waals surface area contributed by atoms with E-state index < -0.39 is 0 Å². The fraction of sp³-hybridized carbons (Fsp3) is 0.600. The quantitative estimate of drug-likeness (QED) is 0.853. The van der Waals surface area contributed by atoms with E-state index in [9.17, 15) is 9.59 Å². The van der Waals surface area contributed by atoms with Crippen molar-refractivity contribution in [3.8, 4) is 0 Å². The van der Waals surface area contributed by atoms with Crippen LogP contribution in [-0.2, 0) is 4.79 Å². The third kappa shape index (κ3) is 3.04. The van der Waals surface area contributed by atoms with Gasteiger partial charge in [0.2, 0.25) is 5.91 Å². The maximum absolute atomic E-state index is 12.4. The average Bonchev–Trinajstić information content (AvgIpc) is 3.09. The molecule has 6 heteroatoms. The molecule has 1 unspecified atom stereocenters. The maximum atomic E-state index is 12.4. The molecule has 114 valence electrons. The zero-order valence-corrected chi connectivity index (χ0v) is 12.3. The number of nitrogens with zero attached hydrogens (tertiary/aromatic N) is 2. The molecule has 0 bridgehead atoms. The summed E-state index contributed by atoms with van der Waals surface area (Å²) < 4.78 is 1.97. The molecule has 2 heterocycles. The molecule has 21 heavy (non-hydrogen) atoms. The van der Waals surface area contributed by atoms with Crippen molar-refractivity contribution in [2.24, 2.45) is 0 Å². The number of carbonyl (C=O) groups is 2. The molecular weight excluding hydrogens is 268 g/mol. The summed E-state index contributed by atoms with van der Waals surface area (Å²) in [4.78, 5) is 25.8. The monoisotopic (exact) mass is 290 g/mol. The minimum atomic E-state index is -0.113. The van der Waals surface area contributed by atoms with Gasteiger partial charge in [-0.2, -0.15) is 0 Å². The average molecular weight is 290 g/mol. The van der Waals surface area contributed by atoms with E-state index in [0.29, 0.717) is 30.4 Å². The summed E-state index contributed by atoms with van der Waals surface area (Å²) in [5.74, 6) is 0.0689. The second kappa shape index (κ2) is 5.42. The number of anilines is 1. The zero-order chi connectivity index (χ0) is 15.0. The summed E-state index contributed by atoms with van der Waals surface area (Å²) in [5.41, 5.74) is 7.05. The van der Waals surface area contributed by atoms with Gasteiger partial charge in [-0.1, -0.05) is 0 Å². The molecule has 1 aromatic rings. The van der Waals surface area contributed by atoms with E-state index in [1.165, 1.54) is 0 Å². The molecule has 3 rings (SSSR count). The van der Waals surface area contributed by atoms with Crippen LogP contribution in [0.25, 0.3) is 0 Å². The molecule has 6 nitrogen and oxygen atoms in total. The maximum Gasteiger partial charge on any atom is 0.268 e. The predicted octanol–water partition coefficient (Wildman–Crippen LogP) is 1.15. The Morgan fingerprint density at radius 3 is 2.90 bits per heavy atom. The molecule has 0 aromatic carbocycles. The summed E-state index contributed by atoms with van der Waals surface area (Å²) in [6, 6.07) is 2.07. The summed E-state index contributed by atoms with van der Waals surface area (Å²) in [7, 11) is 0. The van der Waals surface area contributed by atoms with Gasteiger partial charge in [0, 0.05) is 37.8 Å². The lowest BCUT2D eigenvalue weighted by atomic mass is 10.3. The van der Waals surface area contributed by atoms with Crippen LogP contribution in [-0.4, -0.2) is 40.4 Å². The third-order valence-electron chi connectivity index (χ3n) is 4.09. The summed E-state index contributed by atoms with van der Waals surface area (Å²) in [5, 5.41) is 2.97. The first-order valence-electron chi connectivity index (χ1n) is 7.60.